The number of nitriles is 1. The highest BCUT2D eigenvalue weighted by Crippen LogP contribution is 2.17. The normalized spacial score (nSPS) is 9.25. The molecule has 0 aliphatic carbocycles. The molecule has 16 heavy (non-hydrogen) atoms. The molecule has 0 fully saturated rings. The van der Waals surface area contributed by atoms with E-state index in [1.54, 1.807) is 6.07 Å². The van der Waals surface area contributed by atoms with Crippen molar-refractivity contribution in [2.45, 2.75) is 0 Å². The molecule has 0 aromatic heterocycles. The van der Waals surface area contributed by atoms with Crippen molar-refractivity contribution in [1.82, 2.24) is 0 Å². The van der Waals surface area contributed by atoms with Crippen LogP contribution in [0.25, 0.3) is 0 Å². The first-order chi connectivity index (χ1) is 7.56. The molecule has 0 amide bonds. The maximum Gasteiger partial charge on any atom is 0.332 e. The van der Waals surface area contributed by atoms with Gasteiger partial charge in [0.1, 0.15) is 17.4 Å². The van der Waals surface area contributed by atoms with E-state index in [-0.39, 0.29) is 23.4 Å². The zero-order valence-electron chi connectivity index (χ0n) is 8.33. The van der Waals surface area contributed by atoms with Gasteiger partial charge in [-0.05, 0) is 12.1 Å². The van der Waals surface area contributed by atoms with E-state index in [1.165, 1.54) is 12.1 Å². The monoisotopic (exact) mass is 220 g/mol. The number of benzene rings is 1. The van der Waals surface area contributed by atoms with Crippen molar-refractivity contribution in [2.24, 2.45) is 0 Å². The summed E-state index contributed by atoms with van der Waals surface area (Å²) in [5.41, 5.74) is 0.0544. The van der Waals surface area contributed by atoms with Crippen LogP contribution in [0.2, 0.25) is 0 Å². The van der Waals surface area contributed by atoms with E-state index in [2.05, 4.69) is 11.9 Å². The smallest absolute Gasteiger partial charge is 0.332 e. The minimum atomic E-state index is -1.14. The Morgan fingerprint density at radius 3 is 2.88 bits per heavy atom. The number of nitrogens with zero attached hydrogens (tertiary/aromatic N) is 1. The molecule has 5 heteroatoms. The van der Waals surface area contributed by atoms with Crippen LogP contribution in [-0.2, 0) is 4.79 Å². The number of anilines is 1. The maximum atomic E-state index is 13.1. The van der Waals surface area contributed by atoms with Crippen LogP contribution in [0, 0.1) is 17.1 Å². The van der Waals surface area contributed by atoms with E-state index in [1.807, 2.05) is 0 Å². The Morgan fingerprint density at radius 2 is 2.31 bits per heavy atom. The second-order valence-electron chi connectivity index (χ2n) is 3.04. The Kier molecular flexibility index (Phi) is 3.62. The fraction of sp³-hybridized carbons (Fsp3) is 0.0909. The number of hydrogen-bond donors (Lipinski definition) is 2. The molecule has 1 aromatic carbocycles. The number of aliphatic carboxylic acids is 1. The molecule has 0 aliphatic rings. The van der Waals surface area contributed by atoms with E-state index in [0.717, 1.165) is 6.07 Å². The van der Waals surface area contributed by atoms with Gasteiger partial charge in [0, 0.05) is 12.1 Å². The van der Waals surface area contributed by atoms with Crippen molar-refractivity contribution >= 4 is 11.7 Å². The largest absolute Gasteiger partial charge is 0.478 e. The highest BCUT2D eigenvalue weighted by atomic mass is 19.1. The second-order valence-corrected chi connectivity index (χ2v) is 3.04. The average molecular weight is 220 g/mol. The molecular weight excluding hydrogens is 211 g/mol. The Hall–Kier alpha value is -2.35. The lowest BCUT2D eigenvalue weighted by molar-refractivity contribution is -0.132. The van der Waals surface area contributed by atoms with Crippen molar-refractivity contribution in [3.8, 4) is 6.07 Å². The van der Waals surface area contributed by atoms with E-state index in [4.69, 9.17) is 10.4 Å². The van der Waals surface area contributed by atoms with Gasteiger partial charge >= 0.3 is 5.97 Å². The number of halogens is 1. The summed E-state index contributed by atoms with van der Waals surface area (Å²) in [5.74, 6) is -1.78. The fourth-order valence-corrected chi connectivity index (χ4v) is 1.06. The first kappa shape index (κ1) is 11.7. The Balaban J connectivity index is 2.83. The SMILES string of the molecule is C=C(CNc1cccc(F)c1C#N)C(=O)O. The van der Waals surface area contributed by atoms with Gasteiger partial charge in [-0.2, -0.15) is 5.26 Å². The van der Waals surface area contributed by atoms with Gasteiger partial charge in [0.05, 0.1) is 5.69 Å². The number of carboxylic acid groups (broad SMARTS) is 1. The van der Waals surface area contributed by atoms with Crippen LogP contribution in [0.3, 0.4) is 0 Å². The molecule has 0 radical (unpaired) electrons. The zero-order chi connectivity index (χ0) is 12.1. The summed E-state index contributed by atoms with van der Waals surface area (Å²) in [5, 5.41) is 19.9. The molecule has 2 N–H and O–H groups in total. The Morgan fingerprint density at radius 1 is 1.62 bits per heavy atom. The number of nitrogens with one attached hydrogen (secondary N) is 1. The average Bonchev–Trinajstić information content (AvgIpc) is 2.25. The lowest BCUT2D eigenvalue weighted by Crippen LogP contribution is -2.12. The molecule has 0 atom stereocenters. The van der Waals surface area contributed by atoms with Gasteiger partial charge in [-0.3, -0.25) is 0 Å². The number of hydrogen-bond acceptors (Lipinski definition) is 3. The van der Waals surface area contributed by atoms with Gasteiger partial charge in [-0.25, -0.2) is 9.18 Å². The standard InChI is InChI=1S/C11H9FN2O2/c1-7(11(15)16)6-14-10-4-2-3-9(12)8(10)5-13/h2-4,14H,1,6H2,(H,15,16). The van der Waals surface area contributed by atoms with Gasteiger partial charge in [-0.15, -0.1) is 0 Å². The van der Waals surface area contributed by atoms with E-state index < -0.39 is 11.8 Å². The highest BCUT2D eigenvalue weighted by Gasteiger charge is 2.09. The van der Waals surface area contributed by atoms with Crippen LogP contribution in [0.1, 0.15) is 5.56 Å². The molecule has 0 bridgehead atoms. The van der Waals surface area contributed by atoms with Crippen molar-refractivity contribution in [2.75, 3.05) is 11.9 Å². The molecule has 0 spiro atoms. The molecule has 0 heterocycles. The molecule has 1 rings (SSSR count). The third kappa shape index (κ3) is 2.58. The van der Waals surface area contributed by atoms with E-state index in [0.29, 0.717) is 0 Å². The van der Waals surface area contributed by atoms with E-state index >= 15 is 0 Å². The van der Waals surface area contributed by atoms with Gasteiger partial charge in [0.25, 0.3) is 0 Å². The molecule has 0 unspecified atom stereocenters. The topological polar surface area (TPSA) is 73.1 Å². The summed E-state index contributed by atoms with van der Waals surface area (Å²) in [6.45, 7) is 3.26. The predicted molar refractivity (Wildman–Crippen MR) is 56.4 cm³/mol. The van der Waals surface area contributed by atoms with Crippen molar-refractivity contribution in [3.05, 3.63) is 41.7 Å². The molecule has 0 aliphatic heterocycles. The van der Waals surface area contributed by atoms with E-state index in [9.17, 15) is 9.18 Å². The summed E-state index contributed by atoms with van der Waals surface area (Å²) in [7, 11) is 0. The predicted octanol–water partition coefficient (Wildman–Crippen LogP) is 1.75. The molecular formula is C11H9FN2O2. The quantitative estimate of drug-likeness (QED) is 0.758. The van der Waals surface area contributed by atoms with Crippen molar-refractivity contribution in [3.63, 3.8) is 0 Å². The first-order valence-electron chi connectivity index (χ1n) is 4.39. The summed E-state index contributed by atoms with van der Waals surface area (Å²) >= 11 is 0. The number of carbonyl (C=O) groups is 1. The van der Waals surface area contributed by atoms with Gasteiger partial charge in [-0.1, -0.05) is 12.6 Å². The number of rotatable bonds is 4. The van der Waals surface area contributed by atoms with Crippen molar-refractivity contribution in [1.29, 1.82) is 5.26 Å². The van der Waals surface area contributed by atoms with Crippen LogP contribution in [0.4, 0.5) is 10.1 Å². The van der Waals surface area contributed by atoms with Gasteiger partial charge in [0.2, 0.25) is 0 Å². The summed E-state index contributed by atoms with van der Waals surface area (Å²) in [6.07, 6.45) is 0. The number of carboxylic acids is 1. The molecule has 0 saturated carbocycles. The zero-order valence-corrected chi connectivity index (χ0v) is 8.33. The minimum Gasteiger partial charge on any atom is -0.478 e. The van der Waals surface area contributed by atoms with Crippen LogP contribution in [0.15, 0.2) is 30.4 Å². The maximum absolute atomic E-state index is 13.1. The molecule has 82 valence electrons. The summed E-state index contributed by atoms with van der Waals surface area (Å²) < 4.78 is 13.1. The highest BCUT2D eigenvalue weighted by molar-refractivity contribution is 5.86. The van der Waals surface area contributed by atoms with Gasteiger partial charge in [0.15, 0.2) is 0 Å². The lowest BCUT2D eigenvalue weighted by Gasteiger charge is -2.08. The third-order valence-corrected chi connectivity index (χ3v) is 1.92. The molecule has 1 aromatic rings. The van der Waals surface area contributed by atoms with Crippen molar-refractivity contribution < 1.29 is 14.3 Å². The first-order valence-corrected chi connectivity index (χ1v) is 4.39. The second kappa shape index (κ2) is 4.94. The Bertz CT molecular complexity index is 477. The Labute approximate surface area is 91.6 Å². The molecule has 0 saturated heterocycles. The summed E-state index contributed by atoms with van der Waals surface area (Å²) in [6, 6.07) is 5.79. The lowest BCUT2D eigenvalue weighted by atomic mass is 10.1. The van der Waals surface area contributed by atoms with Gasteiger partial charge < -0.3 is 10.4 Å². The van der Waals surface area contributed by atoms with Crippen LogP contribution in [0.5, 0.6) is 0 Å². The van der Waals surface area contributed by atoms with Crippen LogP contribution >= 0.6 is 0 Å². The molecule has 4 nitrogen and oxygen atoms in total. The minimum absolute atomic E-state index is 0.0481. The fourth-order valence-electron chi connectivity index (χ4n) is 1.06. The summed E-state index contributed by atoms with van der Waals surface area (Å²) in [4.78, 5) is 10.5. The third-order valence-electron chi connectivity index (χ3n) is 1.92. The van der Waals surface area contributed by atoms with Crippen LogP contribution < -0.4 is 5.32 Å². The van der Waals surface area contributed by atoms with Crippen LogP contribution in [-0.4, -0.2) is 17.6 Å².